The lowest BCUT2D eigenvalue weighted by atomic mass is 10.0. The van der Waals surface area contributed by atoms with Crippen molar-refractivity contribution in [1.82, 2.24) is 20.3 Å². The van der Waals surface area contributed by atoms with Crippen LogP contribution in [0.2, 0.25) is 0 Å². The van der Waals surface area contributed by atoms with Crippen molar-refractivity contribution < 1.29 is 18.3 Å². The number of aromatic nitrogens is 3. The number of benzene rings is 1. The molecule has 1 aromatic carbocycles. The lowest BCUT2D eigenvalue weighted by molar-refractivity contribution is -0.126. The standard InChI is InChI=1S/C26H26F3N5OS.ClH/c1-34(24-21-11-20(12-26(27,28)29)36-25(21)33-15-32-24)22-9-19(10-23(22)35)31-13-16-4-2-5-17(8-16)18-6-3-7-30-14-18;/h2-8,11,14-15,19,22-23,31,35H,9-10,12-13H2,1H3;1H/t19-,22+,23-;/m1./s1. The fraction of sp³-hybridized carbons (Fsp3) is 0.346. The van der Waals surface area contributed by atoms with Crippen molar-refractivity contribution in [1.29, 1.82) is 0 Å². The van der Waals surface area contributed by atoms with Crippen LogP contribution >= 0.6 is 23.7 Å². The molecule has 1 fully saturated rings. The summed E-state index contributed by atoms with van der Waals surface area (Å²) < 4.78 is 38.7. The van der Waals surface area contributed by atoms with Gasteiger partial charge in [-0.15, -0.1) is 23.7 Å². The molecule has 37 heavy (non-hydrogen) atoms. The number of likely N-dealkylation sites (N-methyl/N-ethyl adjacent to an activating group) is 1. The van der Waals surface area contributed by atoms with E-state index in [0.717, 1.165) is 28.0 Å². The number of hydrogen-bond donors (Lipinski definition) is 2. The van der Waals surface area contributed by atoms with Gasteiger partial charge in [0.25, 0.3) is 0 Å². The van der Waals surface area contributed by atoms with Gasteiger partial charge in [0.05, 0.1) is 24.0 Å². The fourth-order valence-electron chi connectivity index (χ4n) is 4.85. The summed E-state index contributed by atoms with van der Waals surface area (Å²) in [6, 6.07) is 13.6. The van der Waals surface area contributed by atoms with E-state index in [0.29, 0.717) is 35.4 Å². The van der Waals surface area contributed by atoms with Crippen LogP contribution in [0.5, 0.6) is 0 Å². The summed E-state index contributed by atoms with van der Waals surface area (Å²) in [7, 11) is 1.83. The molecule has 11 heteroatoms. The molecule has 3 aromatic heterocycles. The van der Waals surface area contributed by atoms with E-state index in [-0.39, 0.29) is 29.4 Å². The van der Waals surface area contributed by atoms with Crippen LogP contribution in [0.1, 0.15) is 23.3 Å². The summed E-state index contributed by atoms with van der Waals surface area (Å²) in [4.78, 5) is 15.3. The molecule has 5 rings (SSSR count). The zero-order valence-corrected chi connectivity index (χ0v) is 21.7. The van der Waals surface area contributed by atoms with Gasteiger partial charge in [-0.05, 0) is 47.7 Å². The second kappa shape index (κ2) is 11.3. The Hall–Kier alpha value is -2.79. The Balaban J connectivity index is 0.00000320. The second-order valence-corrected chi connectivity index (χ2v) is 10.3. The highest BCUT2D eigenvalue weighted by Crippen LogP contribution is 2.36. The van der Waals surface area contributed by atoms with Gasteiger partial charge in [0.15, 0.2) is 0 Å². The zero-order chi connectivity index (χ0) is 25.3. The Morgan fingerprint density at radius 2 is 1.92 bits per heavy atom. The van der Waals surface area contributed by atoms with Crippen LogP contribution in [0.4, 0.5) is 19.0 Å². The highest BCUT2D eigenvalue weighted by molar-refractivity contribution is 7.18. The van der Waals surface area contributed by atoms with Gasteiger partial charge in [-0.3, -0.25) is 4.98 Å². The summed E-state index contributed by atoms with van der Waals surface area (Å²) in [5.74, 6) is 0.540. The molecule has 4 aromatic rings. The van der Waals surface area contributed by atoms with Gasteiger partial charge in [0.1, 0.15) is 17.0 Å². The lowest BCUT2D eigenvalue weighted by Gasteiger charge is -2.28. The first kappa shape index (κ1) is 27.3. The molecule has 1 aliphatic carbocycles. The Morgan fingerprint density at radius 1 is 1.11 bits per heavy atom. The van der Waals surface area contributed by atoms with Crippen molar-refractivity contribution in [2.24, 2.45) is 0 Å². The summed E-state index contributed by atoms with van der Waals surface area (Å²) in [5.41, 5.74) is 3.29. The van der Waals surface area contributed by atoms with Gasteiger partial charge in [-0.1, -0.05) is 24.3 Å². The second-order valence-electron chi connectivity index (χ2n) is 9.16. The lowest BCUT2D eigenvalue weighted by Crippen LogP contribution is -2.38. The van der Waals surface area contributed by atoms with Crippen LogP contribution < -0.4 is 10.2 Å². The molecule has 2 N–H and O–H groups in total. The summed E-state index contributed by atoms with van der Waals surface area (Å²) in [5, 5.41) is 15.0. The van der Waals surface area contributed by atoms with E-state index in [2.05, 4.69) is 38.5 Å². The predicted molar refractivity (Wildman–Crippen MR) is 142 cm³/mol. The molecule has 0 amide bonds. The van der Waals surface area contributed by atoms with E-state index in [1.165, 1.54) is 12.4 Å². The van der Waals surface area contributed by atoms with Gasteiger partial charge in [-0.25, -0.2) is 9.97 Å². The number of rotatable bonds is 7. The van der Waals surface area contributed by atoms with Crippen LogP contribution in [-0.4, -0.2) is 51.5 Å². The highest BCUT2D eigenvalue weighted by Gasteiger charge is 2.37. The number of aliphatic hydroxyl groups is 1. The minimum atomic E-state index is -4.28. The first-order valence-corrected chi connectivity index (χ1v) is 12.5. The van der Waals surface area contributed by atoms with Crippen molar-refractivity contribution >= 4 is 39.8 Å². The number of pyridine rings is 1. The molecule has 0 spiro atoms. The third-order valence-corrected chi connectivity index (χ3v) is 7.62. The SMILES string of the molecule is CN(c1ncnc2sc(CC(F)(F)F)cc12)[C@H]1C[C@@H](NCc2cccc(-c3cccnc3)c2)C[C@H]1O.Cl. The van der Waals surface area contributed by atoms with Crippen LogP contribution in [0.25, 0.3) is 21.3 Å². The molecule has 0 bridgehead atoms. The van der Waals surface area contributed by atoms with Crippen molar-refractivity contribution in [2.45, 2.75) is 50.2 Å². The molecule has 1 aliphatic rings. The van der Waals surface area contributed by atoms with Crippen molar-refractivity contribution in [3.05, 3.63) is 71.6 Å². The van der Waals surface area contributed by atoms with Crippen LogP contribution in [-0.2, 0) is 13.0 Å². The fourth-order valence-corrected chi connectivity index (χ4v) is 5.87. The maximum Gasteiger partial charge on any atom is 0.393 e. The normalized spacial score (nSPS) is 19.6. The minimum Gasteiger partial charge on any atom is -0.391 e. The number of anilines is 1. The molecule has 3 heterocycles. The van der Waals surface area contributed by atoms with Gasteiger partial charge >= 0.3 is 6.18 Å². The van der Waals surface area contributed by atoms with Crippen LogP contribution in [0, 0.1) is 0 Å². The number of aliphatic hydroxyl groups excluding tert-OH is 1. The number of thiophene rings is 1. The van der Waals surface area contributed by atoms with Gasteiger partial charge in [0, 0.05) is 36.9 Å². The minimum absolute atomic E-state index is 0. The summed E-state index contributed by atoms with van der Waals surface area (Å²) in [6.07, 6.45) is 0.362. The van der Waals surface area contributed by atoms with Crippen LogP contribution in [0.3, 0.4) is 0 Å². The smallest absolute Gasteiger partial charge is 0.391 e. The predicted octanol–water partition coefficient (Wildman–Crippen LogP) is 5.40. The van der Waals surface area contributed by atoms with Crippen LogP contribution in [0.15, 0.2) is 61.2 Å². The number of nitrogens with one attached hydrogen (secondary N) is 1. The molecule has 1 saturated carbocycles. The first-order chi connectivity index (χ1) is 17.3. The largest absolute Gasteiger partial charge is 0.393 e. The number of alkyl halides is 3. The Labute approximate surface area is 223 Å². The van der Waals surface area contributed by atoms with Gasteiger partial charge in [0.2, 0.25) is 0 Å². The number of halogens is 4. The quantitative estimate of drug-likeness (QED) is 0.322. The number of nitrogens with zero attached hydrogens (tertiary/aromatic N) is 4. The molecule has 6 nitrogen and oxygen atoms in total. The van der Waals surface area contributed by atoms with Crippen molar-refractivity contribution in [3.8, 4) is 11.1 Å². The number of fused-ring (bicyclic) bond motifs is 1. The first-order valence-electron chi connectivity index (χ1n) is 11.7. The molecular formula is C26H27ClF3N5OS. The Kier molecular flexibility index (Phi) is 8.33. The number of hydrogen-bond acceptors (Lipinski definition) is 7. The van der Waals surface area contributed by atoms with Gasteiger partial charge < -0.3 is 15.3 Å². The summed E-state index contributed by atoms with van der Waals surface area (Å²) in [6.45, 7) is 0.658. The maximum atomic E-state index is 12.9. The average Bonchev–Trinajstić information content (AvgIpc) is 3.44. The van der Waals surface area contributed by atoms with E-state index < -0.39 is 18.7 Å². The zero-order valence-electron chi connectivity index (χ0n) is 20.0. The molecule has 3 atom stereocenters. The molecular weight excluding hydrogens is 523 g/mol. The Morgan fingerprint density at radius 3 is 2.68 bits per heavy atom. The summed E-state index contributed by atoms with van der Waals surface area (Å²) >= 11 is 1.03. The van der Waals surface area contributed by atoms with Gasteiger partial charge in [-0.2, -0.15) is 13.2 Å². The van der Waals surface area contributed by atoms with E-state index in [1.807, 2.05) is 36.3 Å². The molecule has 0 unspecified atom stereocenters. The molecule has 0 radical (unpaired) electrons. The van der Waals surface area contributed by atoms with E-state index in [4.69, 9.17) is 0 Å². The topological polar surface area (TPSA) is 74.2 Å². The van der Waals surface area contributed by atoms with E-state index in [1.54, 1.807) is 6.20 Å². The molecule has 0 saturated heterocycles. The van der Waals surface area contributed by atoms with Crippen molar-refractivity contribution in [3.63, 3.8) is 0 Å². The monoisotopic (exact) mass is 549 g/mol. The highest BCUT2D eigenvalue weighted by atomic mass is 35.5. The maximum absolute atomic E-state index is 12.9. The Bertz CT molecular complexity index is 1340. The average molecular weight is 550 g/mol. The third-order valence-electron chi connectivity index (χ3n) is 6.58. The molecule has 196 valence electrons. The van der Waals surface area contributed by atoms with E-state index >= 15 is 0 Å². The molecule has 0 aliphatic heterocycles. The van der Waals surface area contributed by atoms with Crippen molar-refractivity contribution in [2.75, 3.05) is 11.9 Å². The van der Waals surface area contributed by atoms with E-state index in [9.17, 15) is 18.3 Å². The third kappa shape index (κ3) is 6.38.